The molecular formula is C13H19F7O2S. The van der Waals surface area contributed by atoms with Crippen molar-refractivity contribution in [2.24, 2.45) is 5.92 Å². The fraction of sp³-hybridized carbons (Fsp3) is 0.923. The lowest BCUT2D eigenvalue weighted by Crippen LogP contribution is -2.51. The summed E-state index contributed by atoms with van der Waals surface area (Å²) >= 11 is 0.967. The number of rotatable bonds is 10. The van der Waals surface area contributed by atoms with Crippen molar-refractivity contribution >= 4 is 17.7 Å². The van der Waals surface area contributed by atoms with E-state index in [-0.39, 0.29) is 18.1 Å². The maximum Gasteiger partial charge on any atom is 0.459 e. The first-order chi connectivity index (χ1) is 10.2. The molecule has 0 spiro atoms. The predicted molar refractivity (Wildman–Crippen MR) is 73.1 cm³/mol. The minimum atomic E-state index is -6.31. The Labute approximate surface area is 133 Å². The average molecular weight is 372 g/mol. The van der Waals surface area contributed by atoms with Crippen molar-refractivity contribution in [2.45, 2.75) is 62.8 Å². The van der Waals surface area contributed by atoms with Gasteiger partial charge in [-0.2, -0.15) is 30.7 Å². The monoisotopic (exact) mass is 372 g/mol. The van der Waals surface area contributed by atoms with E-state index in [0.717, 1.165) is 11.8 Å². The van der Waals surface area contributed by atoms with Crippen LogP contribution < -0.4 is 0 Å². The van der Waals surface area contributed by atoms with Crippen molar-refractivity contribution in [2.75, 3.05) is 5.75 Å². The standard InChI is InChI=1S/C13H19F7O2S/c1-8(2)7-9(10(21)22)23-6-4-3-5-11(14,15)12(16,17)13(18,19)20/h8-9H,3-7H2,1-2H3,(H,21,22). The van der Waals surface area contributed by atoms with Gasteiger partial charge in [0.05, 0.1) is 0 Å². The Hall–Kier alpha value is -0.670. The van der Waals surface area contributed by atoms with Crippen molar-refractivity contribution in [1.82, 2.24) is 0 Å². The third-order valence-corrected chi connectivity index (χ3v) is 4.30. The predicted octanol–water partition coefficient (Wildman–Crippen LogP) is 5.22. The molecule has 0 amide bonds. The van der Waals surface area contributed by atoms with Gasteiger partial charge in [-0.25, -0.2) is 0 Å². The van der Waals surface area contributed by atoms with Crippen LogP contribution in [-0.2, 0) is 4.79 Å². The highest BCUT2D eigenvalue weighted by atomic mass is 32.2. The van der Waals surface area contributed by atoms with Crippen LogP contribution in [0.25, 0.3) is 0 Å². The zero-order valence-electron chi connectivity index (χ0n) is 12.6. The molecule has 0 heterocycles. The molecule has 0 aromatic carbocycles. The van der Waals surface area contributed by atoms with Crippen molar-refractivity contribution in [3.63, 3.8) is 0 Å². The Morgan fingerprint density at radius 3 is 1.96 bits per heavy atom. The second-order valence-electron chi connectivity index (χ2n) is 5.56. The summed E-state index contributed by atoms with van der Waals surface area (Å²) in [5.74, 6) is -12.1. The first kappa shape index (κ1) is 22.3. The molecule has 1 atom stereocenters. The summed E-state index contributed by atoms with van der Waals surface area (Å²) in [5, 5.41) is 8.18. The maximum atomic E-state index is 13.0. The normalized spacial score (nSPS) is 15.0. The third-order valence-electron chi connectivity index (χ3n) is 2.98. The van der Waals surface area contributed by atoms with Gasteiger partial charge < -0.3 is 5.11 Å². The molecule has 0 aliphatic carbocycles. The highest BCUT2D eigenvalue weighted by molar-refractivity contribution is 8.00. The third kappa shape index (κ3) is 6.76. The van der Waals surface area contributed by atoms with E-state index in [1.807, 2.05) is 0 Å². The van der Waals surface area contributed by atoms with Crippen LogP contribution in [0.15, 0.2) is 0 Å². The van der Waals surface area contributed by atoms with Gasteiger partial charge in [0.2, 0.25) is 0 Å². The molecule has 138 valence electrons. The number of hydrogen-bond acceptors (Lipinski definition) is 2. The molecule has 0 saturated heterocycles. The molecule has 0 rings (SSSR count). The lowest BCUT2D eigenvalue weighted by Gasteiger charge is -2.28. The van der Waals surface area contributed by atoms with Gasteiger partial charge in [0.1, 0.15) is 5.25 Å². The zero-order valence-corrected chi connectivity index (χ0v) is 13.4. The van der Waals surface area contributed by atoms with Gasteiger partial charge in [0.25, 0.3) is 0 Å². The van der Waals surface area contributed by atoms with E-state index in [4.69, 9.17) is 5.11 Å². The molecule has 0 radical (unpaired) electrons. The topological polar surface area (TPSA) is 37.3 Å². The molecule has 0 aliphatic rings. The summed E-state index contributed by atoms with van der Waals surface area (Å²) in [6.45, 7) is 3.60. The Bertz CT molecular complexity index is 383. The van der Waals surface area contributed by atoms with Gasteiger partial charge in [-0.1, -0.05) is 13.8 Å². The summed E-state index contributed by atoms with van der Waals surface area (Å²) in [4.78, 5) is 10.9. The average Bonchev–Trinajstić information content (AvgIpc) is 2.34. The second-order valence-corrected chi connectivity index (χ2v) is 6.87. The van der Waals surface area contributed by atoms with Crippen molar-refractivity contribution in [1.29, 1.82) is 0 Å². The second kappa shape index (κ2) is 8.43. The largest absolute Gasteiger partial charge is 0.480 e. The van der Waals surface area contributed by atoms with Crippen LogP contribution in [0.1, 0.15) is 39.5 Å². The van der Waals surface area contributed by atoms with Gasteiger partial charge in [-0.05, 0) is 30.9 Å². The van der Waals surface area contributed by atoms with E-state index in [0.29, 0.717) is 6.42 Å². The first-order valence-corrected chi connectivity index (χ1v) is 7.94. The van der Waals surface area contributed by atoms with Gasteiger partial charge >= 0.3 is 24.0 Å². The molecule has 0 aromatic rings. The lowest BCUT2D eigenvalue weighted by molar-refractivity contribution is -0.355. The summed E-state index contributed by atoms with van der Waals surface area (Å²) in [7, 11) is 0. The van der Waals surface area contributed by atoms with Gasteiger partial charge in [-0.15, -0.1) is 11.8 Å². The van der Waals surface area contributed by atoms with Crippen LogP contribution in [0.4, 0.5) is 30.7 Å². The van der Waals surface area contributed by atoms with E-state index in [1.54, 1.807) is 13.8 Å². The fourth-order valence-corrected chi connectivity index (χ4v) is 3.03. The molecule has 1 unspecified atom stereocenters. The number of unbranched alkanes of at least 4 members (excludes halogenated alkanes) is 1. The van der Waals surface area contributed by atoms with Crippen molar-refractivity contribution in [3.8, 4) is 0 Å². The smallest absolute Gasteiger partial charge is 0.459 e. The number of carbonyl (C=O) groups is 1. The SMILES string of the molecule is CC(C)CC(SCCCCC(F)(F)C(F)(F)C(F)(F)F)C(=O)O. The highest BCUT2D eigenvalue weighted by Gasteiger charge is 2.72. The molecule has 0 aliphatic heterocycles. The molecule has 0 bridgehead atoms. The zero-order chi connectivity index (χ0) is 18.5. The molecule has 2 nitrogen and oxygen atoms in total. The highest BCUT2D eigenvalue weighted by Crippen LogP contribution is 2.48. The summed E-state index contributed by atoms with van der Waals surface area (Å²) in [5.41, 5.74) is 0. The molecule has 0 saturated carbocycles. The number of carboxylic acids is 1. The van der Waals surface area contributed by atoms with Gasteiger partial charge in [-0.3, -0.25) is 4.79 Å². The maximum absolute atomic E-state index is 13.0. The molecular weight excluding hydrogens is 353 g/mol. The number of alkyl halides is 7. The van der Waals surface area contributed by atoms with Crippen LogP contribution in [-0.4, -0.2) is 40.1 Å². The minimum Gasteiger partial charge on any atom is -0.480 e. The Kier molecular flexibility index (Phi) is 8.19. The van der Waals surface area contributed by atoms with Crippen LogP contribution in [0.5, 0.6) is 0 Å². The fourth-order valence-electron chi connectivity index (χ4n) is 1.71. The quantitative estimate of drug-likeness (QED) is 0.422. The summed E-state index contributed by atoms with van der Waals surface area (Å²) < 4.78 is 87.1. The van der Waals surface area contributed by atoms with Gasteiger partial charge in [0, 0.05) is 6.42 Å². The molecule has 1 N–H and O–H groups in total. The van der Waals surface area contributed by atoms with Gasteiger partial charge in [0.15, 0.2) is 0 Å². The first-order valence-electron chi connectivity index (χ1n) is 6.89. The number of hydrogen-bond donors (Lipinski definition) is 1. The van der Waals surface area contributed by atoms with Crippen molar-refractivity contribution in [3.05, 3.63) is 0 Å². The van der Waals surface area contributed by atoms with E-state index in [2.05, 4.69) is 0 Å². The summed E-state index contributed by atoms with van der Waals surface area (Å²) in [6.07, 6.45) is -8.20. The van der Waals surface area contributed by atoms with E-state index >= 15 is 0 Å². The Balaban J connectivity index is 4.33. The number of carboxylic acid groups (broad SMARTS) is 1. The van der Waals surface area contributed by atoms with Crippen LogP contribution in [0.2, 0.25) is 0 Å². The van der Waals surface area contributed by atoms with Crippen LogP contribution in [0.3, 0.4) is 0 Å². The van der Waals surface area contributed by atoms with Crippen LogP contribution in [0, 0.1) is 5.92 Å². The van der Waals surface area contributed by atoms with E-state index < -0.39 is 42.1 Å². The Morgan fingerprint density at radius 1 is 1.04 bits per heavy atom. The lowest BCUT2D eigenvalue weighted by atomic mass is 10.0. The number of thioether (sulfide) groups is 1. The molecule has 23 heavy (non-hydrogen) atoms. The summed E-state index contributed by atoms with van der Waals surface area (Å²) in [6, 6.07) is 0. The van der Waals surface area contributed by atoms with E-state index in [9.17, 15) is 35.5 Å². The molecule has 0 aromatic heterocycles. The minimum absolute atomic E-state index is 0.0733. The van der Waals surface area contributed by atoms with E-state index in [1.165, 1.54) is 0 Å². The van der Waals surface area contributed by atoms with Crippen molar-refractivity contribution < 1.29 is 40.6 Å². The number of aliphatic carboxylic acids is 1. The Morgan fingerprint density at radius 2 is 1.57 bits per heavy atom. The molecule has 10 heteroatoms. The molecule has 0 fully saturated rings. The van der Waals surface area contributed by atoms with Crippen LogP contribution >= 0.6 is 11.8 Å². The number of halogens is 7.